The molecule has 0 N–H and O–H groups in total. The predicted molar refractivity (Wildman–Crippen MR) is 61.5 cm³/mol. The highest BCUT2D eigenvalue weighted by Crippen LogP contribution is 2.44. The fraction of sp³-hybridized carbons (Fsp3) is 0.462. The fourth-order valence-electron chi connectivity index (χ4n) is 2.04. The summed E-state index contributed by atoms with van der Waals surface area (Å²) in [7, 11) is 1.59. The number of carbonyl (C=O) groups is 1. The van der Waals surface area contributed by atoms with Crippen molar-refractivity contribution < 1.29 is 14.3 Å². The first-order valence-corrected chi connectivity index (χ1v) is 5.39. The van der Waals surface area contributed by atoms with Gasteiger partial charge in [-0.3, -0.25) is 4.79 Å². The Kier molecular flexibility index (Phi) is 2.62. The van der Waals surface area contributed by atoms with E-state index in [4.69, 9.17) is 9.47 Å². The lowest BCUT2D eigenvalue weighted by Crippen LogP contribution is -2.27. The largest absolute Gasteiger partial charge is 0.493 e. The Balaban J connectivity index is 2.64. The summed E-state index contributed by atoms with van der Waals surface area (Å²) in [5.41, 5.74) is 1.72. The molecule has 16 heavy (non-hydrogen) atoms. The van der Waals surface area contributed by atoms with Crippen LogP contribution in [0.2, 0.25) is 0 Å². The Morgan fingerprint density at radius 2 is 2.19 bits per heavy atom. The molecule has 0 spiro atoms. The normalized spacial score (nSPS) is 17.2. The molecule has 0 saturated heterocycles. The van der Waals surface area contributed by atoms with Gasteiger partial charge in [0.25, 0.3) is 0 Å². The van der Waals surface area contributed by atoms with Crippen molar-refractivity contribution in [2.45, 2.75) is 25.7 Å². The summed E-state index contributed by atoms with van der Waals surface area (Å²) < 4.78 is 10.9. The van der Waals surface area contributed by atoms with Crippen LogP contribution in [0.3, 0.4) is 0 Å². The van der Waals surface area contributed by atoms with Crippen molar-refractivity contribution in [3.63, 3.8) is 0 Å². The van der Waals surface area contributed by atoms with Crippen molar-refractivity contribution >= 4 is 6.29 Å². The Bertz CT molecular complexity index is 421. The Labute approximate surface area is 95.4 Å². The summed E-state index contributed by atoms with van der Waals surface area (Å²) in [6.45, 7) is 5.00. The van der Waals surface area contributed by atoms with Crippen LogP contribution in [0.15, 0.2) is 12.1 Å². The van der Waals surface area contributed by atoms with Crippen LogP contribution in [-0.2, 0) is 5.41 Å². The zero-order chi connectivity index (χ0) is 11.8. The van der Waals surface area contributed by atoms with Gasteiger partial charge in [0.2, 0.25) is 0 Å². The van der Waals surface area contributed by atoms with Crippen molar-refractivity contribution in [1.82, 2.24) is 0 Å². The van der Waals surface area contributed by atoms with Crippen molar-refractivity contribution in [3.05, 3.63) is 23.3 Å². The van der Waals surface area contributed by atoms with E-state index < -0.39 is 0 Å². The van der Waals surface area contributed by atoms with E-state index in [1.165, 1.54) is 0 Å². The molecule has 0 aromatic heterocycles. The Hall–Kier alpha value is -1.51. The maximum absolute atomic E-state index is 10.9. The molecule has 1 aliphatic heterocycles. The average molecular weight is 220 g/mol. The molecule has 0 fully saturated rings. The minimum Gasteiger partial charge on any atom is -0.493 e. The predicted octanol–water partition coefficient (Wildman–Crippen LogP) is 2.57. The van der Waals surface area contributed by atoms with E-state index in [1.54, 1.807) is 13.2 Å². The number of aldehydes is 1. The minimum atomic E-state index is 0.0277. The van der Waals surface area contributed by atoms with E-state index in [2.05, 4.69) is 13.8 Å². The van der Waals surface area contributed by atoms with Crippen LogP contribution in [0, 0.1) is 0 Å². The SMILES string of the molecule is COc1cc(C=O)cc2c1OCCC2(C)C. The summed E-state index contributed by atoms with van der Waals surface area (Å²) in [4.78, 5) is 10.9. The molecule has 1 aliphatic rings. The van der Waals surface area contributed by atoms with E-state index in [0.717, 1.165) is 24.0 Å². The zero-order valence-electron chi connectivity index (χ0n) is 9.87. The number of rotatable bonds is 2. The molecule has 0 amide bonds. The molecular weight excluding hydrogens is 204 g/mol. The maximum atomic E-state index is 10.9. The number of methoxy groups -OCH3 is 1. The maximum Gasteiger partial charge on any atom is 0.164 e. The van der Waals surface area contributed by atoms with E-state index in [1.807, 2.05) is 6.07 Å². The lowest BCUT2D eigenvalue weighted by atomic mass is 9.79. The molecule has 1 aromatic carbocycles. The molecule has 2 rings (SSSR count). The van der Waals surface area contributed by atoms with Crippen LogP contribution in [0.5, 0.6) is 11.5 Å². The van der Waals surface area contributed by atoms with E-state index >= 15 is 0 Å². The third-order valence-corrected chi connectivity index (χ3v) is 3.14. The second kappa shape index (κ2) is 3.81. The van der Waals surface area contributed by atoms with Crippen LogP contribution in [0.4, 0.5) is 0 Å². The van der Waals surface area contributed by atoms with Gasteiger partial charge in [-0.15, -0.1) is 0 Å². The lowest BCUT2D eigenvalue weighted by molar-refractivity contribution is 0.112. The van der Waals surface area contributed by atoms with E-state index in [0.29, 0.717) is 17.9 Å². The van der Waals surface area contributed by atoms with Gasteiger partial charge >= 0.3 is 0 Å². The van der Waals surface area contributed by atoms with Gasteiger partial charge in [-0.05, 0) is 24.0 Å². The third-order valence-electron chi connectivity index (χ3n) is 3.14. The molecule has 0 radical (unpaired) electrons. The second-order valence-corrected chi connectivity index (χ2v) is 4.70. The Morgan fingerprint density at radius 1 is 1.44 bits per heavy atom. The number of ether oxygens (including phenoxy) is 2. The summed E-state index contributed by atoms with van der Waals surface area (Å²) in [6.07, 6.45) is 1.79. The smallest absolute Gasteiger partial charge is 0.164 e. The van der Waals surface area contributed by atoms with Gasteiger partial charge in [-0.25, -0.2) is 0 Å². The number of carbonyl (C=O) groups excluding carboxylic acids is 1. The van der Waals surface area contributed by atoms with Gasteiger partial charge in [0, 0.05) is 11.1 Å². The highest BCUT2D eigenvalue weighted by Gasteiger charge is 2.31. The minimum absolute atomic E-state index is 0.0277. The molecule has 3 nitrogen and oxygen atoms in total. The first-order valence-electron chi connectivity index (χ1n) is 5.39. The van der Waals surface area contributed by atoms with Gasteiger partial charge in [0.15, 0.2) is 11.5 Å². The highest BCUT2D eigenvalue weighted by molar-refractivity contribution is 5.78. The number of fused-ring (bicyclic) bond motifs is 1. The summed E-state index contributed by atoms with van der Waals surface area (Å²) in [6, 6.07) is 3.61. The molecule has 86 valence electrons. The molecule has 1 aromatic rings. The number of benzene rings is 1. The first kappa shape index (κ1) is 11.0. The highest BCUT2D eigenvalue weighted by atomic mass is 16.5. The Morgan fingerprint density at radius 3 is 2.81 bits per heavy atom. The van der Waals surface area contributed by atoms with E-state index in [9.17, 15) is 4.79 Å². The van der Waals surface area contributed by atoms with Crippen LogP contribution in [0.25, 0.3) is 0 Å². The van der Waals surface area contributed by atoms with Crippen LogP contribution >= 0.6 is 0 Å². The van der Waals surface area contributed by atoms with Gasteiger partial charge in [0.05, 0.1) is 13.7 Å². The van der Waals surface area contributed by atoms with Gasteiger partial charge < -0.3 is 9.47 Å². The standard InChI is InChI=1S/C13H16O3/c1-13(2)4-5-16-12-10(13)6-9(8-14)7-11(12)15-3/h6-8H,4-5H2,1-3H3. The van der Waals surface area contributed by atoms with Crippen molar-refractivity contribution in [1.29, 1.82) is 0 Å². The molecular formula is C13H16O3. The van der Waals surface area contributed by atoms with Crippen LogP contribution in [0.1, 0.15) is 36.2 Å². The van der Waals surface area contributed by atoms with Gasteiger partial charge in [0.1, 0.15) is 6.29 Å². The number of hydrogen-bond donors (Lipinski definition) is 0. The summed E-state index contributed by atoms with van der Waals surface area (Å²) in [5.74, 6) is 1.43. The topological polar surface area (TPSA) is 35.5 Å². The van der Waals surface area contributed by atoms with Crippen molar-refractivity contribution in [3.8, 4) is 11.5 Å². The summed E-state index contributed by atoms with van der Waals surface area (Å²) >= 11 is 0. The van der Waals surface area contributed by atoms with Crippen molar-refractivity contribution in [2.24, 2.45) is 0 Å². The van der Waals surface area contributed by atoms with Gasteiger partial charge in [-0.1, -0.05) is 13.8 Å². The molecule has 0 unspecified atom stereocenters. The molecule has 0 bridgehead atoms. The third kappa shape index (κ3) is 1.66. The zero-order valence-corrected chi connectivity index (χ0v) is 9.87. The summed E-state index contributed by atoms with van der Waals surface area (Å²) in [5, 5.41) is 0. The number of hydrogen-bond acceptors (Lipinski definition) is 3. The average Bonchev–Trinajstić information content (AvgIpc) is 2.27. The fourth-order valence-corrected chi connectivity index (χ4v) is 2.04. The van der Waals surface area contributed by atoms with Crippen molar-refractivity contribution in [2.75, 3.05) is 13.7 Å². The van der Waals surface area contributed by atoms with E-state index in [-0.39, 0.29) is 5.41 Å². The quantitative estimate of drug-likeness (QED) is 0.718. The van der Waals surface area contributed by atoms with Crippen LogP contribution in [-0.4, -0.2) is 20.0 Å². The monoisotopic (exact) mass is 220 g/mol. The molecule has 3 heteroatoms. The molecule has 1 heterocycles. The second-order valence-electron chi connectivity index (χ2n) is 4.70. The molecule has 0 saturated carbocycles. The van der Waals surface area contributed by atoms with Crippen LogP contribution < -0.4 is 9.47 Å². The molecule has 0 atom stereocenters. The lowest BCUT2D eigenvalue weighted by Gasteiger charge is -2.33. The molecule has 0 aliphatic carbocycles. The first-order chi connectivity index (χ1) is 7.58. The van der Waals surface area contributed by atoms with Gasteiger partial charge in [-0.2, -0.15) is 0 Å².